The third-order valence-corrected chi connectivity index (χ3v) is 12.5. The molecule has 0 unspecified atom stereocenters. The van der Waals surface area contributed by atoms with E-state index < -0.39 is 25.2 Å². The Morgan fingerprint density at radius 3 is 2.11 bits per heavy atom. The summed E-state index contributed by atoms with van der Waals surface area (Å²) in [5.74, 6) is 0.707. The minimum atomic E-state index is -1.81. The molecule has 160 valence electrons. The fraction of sp³-hybridized carbons (Fsp3) is 0.800. The smallest absolute Gasteiger partial charge is 0.192 e. The van der Waals surface area contributed by atoms with E-state index in [2.05, 4.69) is 71.4 Å². The standard InChI is InChI=1S/C20H36BrN3O2SSi/c1-17(2,3)27(25)24-20(16-22-10-15(21)11-23-16)12-19(7,13-20)14-26-28(8,9)18(4,5)6/h10-11,24H,12-14H2,1-9H3/t19?,20?,27-/m0/s1. The van der Waals surface area contributed by atoms with E-state index in [1.54, 1.807) is 12.4 Å². The molecule has 0 aromatic carbocycles. The molecule has 0 spiro atoms. The Kier molecular flexibility index (Phi) is 6.87. The van der Waals surface area contributed by atoms with Crippen LogP contribution < -0.4 is 4.72 Å². The van der Waals surface area contributed by atoms with Gasteiger partial charge in [0.1, 0.15) is 10.3 Å². The Hall–Kier alpha value is 0.00688. The summed E-state index contributed by atoms with van der Waals surface area (Å²) >= 11 is 2.20. The summed E-state index contributed by atoms with van der Waals surface area (Å²) in [4.78, 5) is 9.07. The molecule has 0 amide bonds. The molecule has 1 fully saturated rings. The number of nitrogens with zero attached hydrogens (tertiary/aromatic N) is 2. The van der Waals surface area contributed by atoms with Crippen molar-refractivity contribution in [2.75, 3.05) is 6.61 Å². The molecule has 2 rings (SSSR count). The van der Waals surface area contributed by atoms with Gasteiger partial charge < -0.3 is 8.98 Å². The summed E-state index contributed by atoms with van der Waals surface area (Å²) in [6, 6.07) is 0. The van der Waals surface area contributed by atoms with Gasteiger partial charge in [-0.1, -0.05) is 27.7 Å². The van der Waals surface area contributed by atoms with Gasteiger partial charge in [0.15, 0.2) is 14.1 Å². The van der Waals surface area contributed by atoms with Crippen LogP contribution in [0.4, 0.5) is 0 Å². The highest BCUT2D eigenvalue weighted by Gasteiger charge is 2.58. The monoisotopic (exact) mass is 489 g/mol. The first kappa shape index (κ1) is 24.3. The Bertz CT molecular complexity index is 680. The minimum absolute atomic E-state index is 0.0149. The van der Waals surface area contributed by atoms with Crippen LogP contribution in [0, 0.1) is 5.41 Å². The lowest BCUT2D eigenvalue weighted by Crippen LogP contribution is -2.63. The zero-order valence-electron chi connectivity index (χ0n) is 18.8. The molecular weight excluding hydrogens is 454 g/mol. The zero-order valence-corrected chi connectivity index (χ0v) is 22.2. The van der Waals surface area contributed by atoms with E-state index in [1.165, 1.54) is 0 Å². The molecule has 0 radical (unpaired) electrons. The average Bonchev–Trinajstić information content (AvgIpc) is 2.50. The number of hydrogen-bond acceptors (Lipinski definition) is 5. The van der Waals surface area contributed by atoms with Gasteiger partial charge in [0.25, 0.3) is 0 Å². The molecule has 1 heterocycles. The van der Waals surface area contributed by atoms with Crippen molar-refractivity contribution < 1.29 is 8.98 Å². The van der Waals surface area contributed by atoms with Crippen LogP contribution in [0.5, 0.6) is 0 Å². The first-order valence-electron chi connectivity index (χ1n) is 9.82. The van der Waals surface area contributed by atoms with E-state index in [0.717, 1.165) is 17.3 Å². The predicted molar refractivity (Wildman–Crippen MR) is 123 cm³/mol. The van der Waals surface area contributed by atoms with Gasteiger partial charge >= 0.3 is 0 Å². The lowest BCUT2D eigenvalue weighted by atomic mass is 9.58. The SMILES string of the molecule is CC1(CO[Si](C)(C)C(C)(C)C)CC(N[S@@+]([O-])C(C)(C)C)(c2ncc(Br)cn2)C1. The van der Waals surface area contributed by atoms with Gasteiger partial charge in [-0.15, -0.1) is 4.72 Å². The van der Waals surface area contributed by atoms with E-state index in [1.807, 2.05) is 20.8 Å². The van der Waals surface area contributed by atoms with Crippen molar-refractivity contribution in [3.63, 3.8) is 0 Å². The summed E-state index contributed by atoms with van der Waals surface area (Å²) in [5.41, 5.74) is -0.467. The fourth-order valence-corrected chi connectivity index (χ4v) is 5.49. The van der Waals surface area contributed by atoms with Crippen LogP contribution >= 0.6 is 15.9 Å². The van der Waals surface area contributed by atoms with Crippen LogP contribution in [-0.4, -0.2) is 34.2 Å². The minimum Gasteiger partial charge on any atom is -0.598 e. The maximum absolute atomic E-state index is 12.9. The topological polar surface area (TPSA) is 70.1 Å². The molecular formula is C20H36BrN3O2SSi. The molecule has 1 N–H and O–H groups in total. The van der Waals surface area contributed by atoms with Crippen LogP contribution in [0.2, 0.25) is 18.1 Å². The third kappa shape index (κ3) is 5.37. The quantitative estimate of drug-likeness (QED) is 0.432. The fourth-order valence-electron chi connectivity index (χ4n) is 3.24. The second kappa shape index (κ2) is 7.93. The molecule has 5 nitrogen and oxygen atoms in total. The highest BCUT2D eigenvalue weighted by Crippen LogP contribution is 2.54. The second-order valence-electron chi connectivity index (χ2n) is 11.0. The van der Waals surface area contributed by atoms with Crippen molar-refractivity contribution in [3.8, 4) is 0 Å². The summed E-state index contributed by atoms with van der Waals surface area (Å²) in [6.45, 7) is 20.2. The highest BCUT2D eigenvalue weighted by molar-refractivity contribution is 9.10. The van der Waals surface area contributed by atoms with E-state index >= 15 is 0 Å². The third-order valence-electron chi connectivity index (χ3n) is 5.94. The van der Waals surface area contributed by atoms with Crippen LogP contribution in [0.3, 0.4) is 0 Å². The average molecular weight is 491 g/mol. The lowest BCUT2D eigenvalue weighted by Gasteiger charge is -2.54. The van der Waals surface area contributed by atoms with Crippen LogP contribution in [-0.2, 0) is 21.3 Å². The molecule has 1 aliphatic rings. The van der Waals surface area contributed by atoms with Crippen molar-refractivity contribution in [3.05, 3.63) is 22.7 Å². The molecule has 0 saturated heterocycles. The Morgan fingerprint density at radius 1 is 1.18 bits per heavy atom. The number of halogens is 1. The molecule has 28 heavy (non-hydrogen) atoms. The van der Waals surface area contributed by atoms with Crippen molar-refractivity contribution in [2.24, 2.45) is 5.41 Å². The molecule has 0 aliphatic heterocycles. The molecule has 1 atom stereocenters. The lowest BCUT2D eigenvalue weighted by molar-refractivity contribution is -0.0199. The number of hydrogen-bond donors (Lipinski definition) is 1. The molecule has 8 heteroatoms. The Labute approximate surface area is 183 Å². The molecule has 1 aliphatic carbocycles. The zero-order chi connectivity index (χ0) is 21.6. The summed E-state index contributed by atoms with van der Waals surface area (Å²) in [6.07, 6.45) is 5.12. The normalized spacial score (nSPS) is 27.4. The molecule has 1 aromatic rings. The predicted octanol–water partition coefficient (Wildman–Crippen LogP) is 5.31. The highest BCUT2D eigenvalue weighted by atomic mass is 79.9. The number of rotatable bonds is 6. The number of aromatic nitrogens is 2. The van der Waals surface area contributed by atoms with Crippen molar-refractivity contribution in [2.45, 2.75) is 89.7 Å². The first-order valence-corrected chi connectivity index (χ1v) is 14.7. The summed E-state index contributed by atoms with van der Waals surface area (Å²) in [5, 5.41) is 0.186. The largest absolute Gasteiger partial charge is 0.598 e. The van der Waals surface area contributed by atoms with E-state index in [4.69, 9.17) is 4.43 Å². The number of nitrogens with one attached hydrogen (secondary N) is 1. The van der Waals surface area contributed by atoms with Gasteiger partial charge in [-0.05, 0) is 73.1 Å². The van der Waals surface area contributed by atoms with Crippen LogP contribution in [0.15, 0.2) is 16.9 Å². The first-order chi connectivity index (χ1) is 12.5. The second-order valence-corrected chi connectivity index (χ2v) is 18.7. The summed E-state index contributed by atoms with van der Waals surface area (Å²) < 4.78 is 23.3. The Morgan fingerprint density at radius 2 is 1.68 bits per heavy atom. The van der Waals surface area contributed by atoms with Crippen molar-refractivity contribution in [1.82, 2.24) is 14.7 Å². The maximum atomic E-state index is 12.9. The van der Waals surface area contributed by atoms with Gasteiger partial charge in [-0.25, -0.2) is 9.97 Å². The van der Waals surface area contributed by atoms with Gasteiger partial charge in [0, 0.05) is 30.4 Å². The summed E-state index contributed by atoms with van der Waals surface area (Å²) in [7, 11) is -1.81. The van der Waals surface area contributed by atoms with E-state index in [9.17, 15) is 4.55 Å². The van der Waals surface area contributed by atoms with Gasteiger partial charge in [-0.3, -0.25) is 0 Å². The van der Waals surface area contributed by atoms with E-state index in [-0.39, 0.29) is 15.2 Å². The maximum Gasteiger partial charge on any atom is 0.192 e. The van der Waals surface area contributed by atoms with Gasteiger partial charge in [0.05, 0.1) is 4.47 Å². The Balaban J connectivity index is 2.19. The van der Waals surface area contributed by atoms with Crippen LogP contribution in [0.1, 0.15) is 67.1 Å². The van der Waals surface area contributed by atoms with Crippen molar-refractivity contribution >= 4 is 35.6 Å². The van der Waals surface area contributed by atoms with E-state index in [0.29, 0.717) is 12.4 Å². The van der Waals surface area contributed by atoms with Crippen LogP contribution in [0.25, 0.3) is 0 Å². The molecule has 1 saturated carbocycles. The molecule has 0 bridgehead atoms. The van der Waals surface area contributed by atoms with Gasteiger partial charge in [0.2, 0.25) is 0 Å². The molecule has 1 aromatic heterocycles. The van der Waals surface area contributed by atoms with Gasteiger partial charge in [-0.2, -0.15) is 0 Å². The van der Waals surface area contributed by atoms with Crippen molar-refractivity contribution in [1.29, 1.82) is 0 Å².